The van der Waals surface area contributed by atoms with E-state index in [0.29, 0.717) is 39.5 Å². The van der Waals surface area contributed by atoms with Crippen molar-refractivity contribution in [3.05, 3.63) is 30.3 Å². The zero-order valence-corrected chi connectivity index (χ0v) is 38.5. The van der Waals surface area contributed by atoms with Crippen LogP contribution in [0.2, 0.25) is 0 Å². The Hall–Kier alpha value is -1.11. The second-order valence-electron chi connectivity index (χ2n) is 14.8. The third-order valence-corrected chi connectivity index (χ3v) is 11.2. The molecule has 0 aromatic heterocycles. The minimum absolute atomic E-state index is 0.238. The number of quaternary nitrogens is 1. The smallest absolute Gasteiger partial charge is 0.296 e. The summed E-state index contributed by atoms with van der Waals surface area (Å²) in [6, 6.07) is 8.33. The molecule has 1 aromatic carbocycles. The summed E-state index contributed by atoms with van der Waals surface area (Å²) < 4.78 is 41.2. The summed E-state index contributed by atoms with van der Waals surface area (Å²) in [7, 11) is -3.57. The number of benzene rings is 1. The van der Waals surface area contributed by atoms with Crippen LogP contribution in [0.1, 0.15) is 215 Å². The lowest BCUT2D eigenvalue weighted by atomic mass is 10.0. The van der Waals surface area contributed by atoms with E-state index in [4.69, 9.17) is 28.2 Å². The number of rotatable bonds is 40. The fourth-order valence-electron chi connectivity index (χ4n) is 6.98. The lowest BCUT2D eigenvalue weighted by molar-refractivity contribution is -1.41. The van der Waals surface area contributed by atoms with E-state index in [9.17, 15) is 8.42 Å². The van der Waals surface area contributed by atoms with Crippen molar-refractivity contribution >= 4 is 10.1 Å². The van der Waals surface area contributed by atoms with Crippen LogP contribution in [0.4, 0.5) is 0 Å². The average Bonchev–Trinajstić information content (AvgIpc) is 3.19. The van der Waals surface area contributed by atoms with E-state index in [1.807, 2.05) is 34.6 Å². The van der Waals surface area contributed by atoms with Crippen LogP contribution in [0, 0.1) is 0 Å². The predicted octanol–water partition coefficient (Wildman–Crippen LogP) is 14.0. The van der Waals surface area contributed by atoms with Crippen molar-refractivity contribution < 1.29 is 41.6 Å². The number of hydrogen-bond acceptors (Lipinski definition) is 8. The molecule has 0 radical (unpaired) electrons. The van der Waals surface area contributed by atoms with Crippen LogP contribution in [0.3, 0.4) is 0 Å². The number of unbranched alkanes of at least 4 members (excludes halogenated alkanes) is 23. The molecule has 56 heavy (non-hydrogen) atoms. The van der Waals surface area contributed by atoms with Crippen molar-refractivity contribution in [2.24, 2.45) is 0 Å². The van der Waals surface area contributed by atoms with Gasteiger partial charge in [-0.25, -0.2) is 0 Å². The van der Waals surface area contributed by atoms with Crippen LogP contribution in [0.25, 0.3) is 0 Å². The second-order valence-corrected chi connectivity index (χ2v) is 16.4. The van der Waals surface area contributed by atoms with Crippen molar-refractivity contribution in [1.82, 2.24) is 0 Å². The Balaban J connectivity index is 0.00000118. The number of ether oxygens (including phenoxy) is 2. The molecule has 0 heterocycles. The van der Waals surface area contributed by atoms with E-state index < -0.39 is 21.0 Å². The van der Waals surface area contributed by atoms with Gasteiger partial charge in [-0.1, -0.05) is 180 Å². The Kier molecular flexibility index (Phi) is 37.4. The minimum Gasteiger partial charge on any atom is -0.296 e. The molecule has 10 heteroatoms. The highest BCUT2D eigenvalue weighted by Crippen LogP contribution is 2.36. The Morgan fingerprint density at radius 1 is 0.446 bits per heavy atom. The van der Waals surface area contributed by atoms with Gasteiger partial charge >= 0.3 is 5.91 Å². The summed E-state index contributed by atoms with van der Waals surface area (Å²) >= 11 is 0. The molecule has 0 spiro atoms. The summed E-state index contributed by atoms with van der Waals surface area (Å²) in [5.41, 5.74) is 0. The lowest BCUT2D eigenvalue weighted by Gasteiger charge is -2.42. The fourth-order valence-corrected chi connectivity index (χ4v) is 7.95. The van der Waals surface area contributed by atoms with Gasteiger partial charge in [-0.2, -0.15) is 8.42 Å². The van der Waals surface area contributed by atoms with Gasteiger partial charge in [0.15, 0.2) is 4.97 Å². The molecular weight excluding hydrogens is 727 g/mol. The number of hydroxylamine groups is 3. The maximum absolute atomic E-state index is 11.9. The quantitative estimate of drug-likeness (QED) is 0.0213. The van der Waals surface area contributed by atoms with Gasteiger partial charge in [0.2, 0.25) is 0 Å². The van der Waals surface area contributed by atoms with Gasteiger partial charge in [0, 0.05) is 0 Å². The number of nitrogens with zero attached hydrogens (tertiary/aromatic N) is 1. The van der Waals surface area contributed by atoms with Gasteiger partial charge in [0.25, 0.3) is 10.1 Å². The van der Waals surface area contributed by atoms with Crippen LogP contribution in [-0.4, -0.2) is 58.9 Å². The average molecular weight is 817 g/mol. The fraction of sp³-hybridized carbons (Fsp3) is 0.870. The van der Waals surface area contributed by atoms with Gasteiger partial charge in [-0.05, 0) is 59.6 Å². The highest BCUT2D eigenvalue weighted by atomic mass is 32.2. The molecule has 0 unspecified atom stereocenters. The van der Waals surface area contributed by atoms with Gasteiger partial charge in [-0.3, -0.25) is 13.7 Å². The topological polar surface area (TPSA) is 89.5 Å². The Morgan fingerprint density at radius 2 is 0.786 bits per heavy atom. The summed E-state index contributed by atoms with van der Waals surface area (Å²) in [6.45, 7) is 16.8. The van der Waals surface area contributed by atoms with Crippen molar-refractivity contribution in [3.63, 3.8) is 0 Å². The SMILES string of the molecule is CCCCCCCCCCCCCCCCCC(OCC)(OCC)[N+](OCC)(OCC)OCC.CCCCCCCCCCCCOS(=O)(=O)c1ccccc1. The maximum atomic E-state index is 11.9. The normalized spacial score (nSPS) is 12.2. The lowest BCUT2D eigenvalue weighted by Crippen LogP contribution is -2.66. The molecule has 0 saturated heterocycles. The molecule has 0 atom stereocenters. The van der Waals surface area contributed by atoms with E-state index in [-0.39, 0.29) is 11.5 Å². The first-order chi connectivity index (χ1) is 27.3. The second kappa shape index (κ2) is 38.1. The first-order valence-electron chi connectivity index (χ1n) is 23.3. The van der Waals surface area contributed by atoms with E-state index >= 15 is 0 Å². The van der Waals surface area contributed by atoms with E-state index in [1.54, 1.807) is 30.3 Å². The molecule has 0 aliphatic carbocycles. The molecule has 1 rings (SSSR count). The minimum atomic E-state index is -3.57. The third-order valence-electron chi connectivity index (χ3n) is 9.92. The van der Waals surface area contributed by atoms with Crippen LogP contribution in [0.15, 0.2) is 35.2 Å². The van der Waals surface area contributed by atoms with Gasteiger partial charge in [-0.15, -0.1) is 14.5 Å². The molecule has 0 aliphatic heterocycles. The molecule has 0 N–H and O–H groups in total. The van der Waals surface area contributed by atoms with Gasteiger partial charge < -0.3 is 0 Å². The van der Waals surface area contributed by atoms with Crippen LogP contribution in [-0.2, 0) is 38.3 Å². The summed E-state index contributed by atoms with van der Waals surface area (Å²) in [5.74, 6) is -1.12. The molecule has 332 valence electrons. The third kappa shape index (κ3) is 26.1. The first kappa shape index (κ1) is 54.9. The summed E-state index contributed by atoms with van der Waals surface area (Å²) in [4.78, 5) is 17.7. The first-order valence-corrected chi connectivity index (χ1v) is 24.7. The van der Waals surface area contributed by atoms with Gasteiger partial charge in [0.1, 0.15) is 19.8 Å². The molecule has 0 amide bonds. The van der Waals surface area contributed by atoms with Gasteiger partial charge in [0.05, 0.1) is 31.1 Å². The van der Waals surface area contributed by atoms with Crippen molar-refractivity contribution in [2.45, 2.75) is 226 Å². The number of hydrogen-bond donors (Lipinski definition) is 0. The highest BCUT2D eigenvalue weighted by molar-refractivity contribution is 7.86. The molecule has 1 aromatic rings. The van der Waals surface area contributed by atoms with Crippen LogP contribution >= 0.6 is 0 Å². The summed E-state index contributed by atoms with van der Waals surface area (Å²) in [6.07, 6.45) is 33.0. The monoisotopic (exact) mass is 817 g/mol. The molecule has 0 fully saturated rings. The molecule has 9 nitrogen and oxygen atoms in total. The van der Waals surface area contributed by atoms with E-state index in [2.05, 4.69) is 13.8 Å². The van der Waals surface area contributed by atoms with Crippen LogP contribution < -0.4 is 0 Å². The zero-order valence-electron chi connectivity index (χ0n) is 37.6. The standard InChI is InChI=1S/C28H60NO5.C18H30O3S/c1-7-13-14-15-16-17-18-19-20-21-22-23-24-25-26-27-28(30-8-2,31-9-3)29(32-10-4,33-11-5)34-12-6;1-2-3-4-5-6-7-8-9-10-14-17-21-22(19,20)18-15-12-11-13-16-18/h7-27H2,1-6H3;11-13,15-16H,2-10,14,17H2,1H3/q+1;. The van der Waals surface area contributed by atoms with Crippen molar-refractivity contribution in [2.75, 3.05) is 39.6 Å². The molecule has 0 saturated carbocycles. The van der Waals surface area contributed by atoms with E-state index in [1.165, 1.54) is 135 Å². The summed E-state index contributed by atoms with van der Waals surface area (Å²) in [5, 5.41) is 0. The molecule has 0 bridgehead atoms. The Labute approximate surface area is 346 Å². The molecular formula is C46H90NO8S+. The Morgan fingerprint density at radius 3 is 1.12 bits per heavy atom. The van der Waals surface area contributed by atoms with E-state index in [0.717, 1.165) is 25.7 Å². The predicted molar refractivity (Wildman–Crippen MR) is 232 cm³/mol. The zero-order chi connectivity index (χ0) is 41.5. The Bertz CT molecular complexity index is 1040. The maximum Gasteiger partial charge on any atom is 0.415 e. The van der Waals surface area contributed by atoms with Crippen molar-refractivity contribution in [3.8, 4) is 0 Å². The van der Waals surface area contributed by atoms with Crippen LogP contribution in [0.5, 0.6) is 0 Å². The van der Waals surface area contributed by atoms with Crippen molar-refractivity contribution in [1.29, 1.82) is 0 Å². The highest BCUT2D eigenvalue weighted by Gasteiger charge is 2.61. The molecule has 0 aliphatic rings. The largest absolute Gasteiger partial charge is 0.415 e.